The Balaban J connectivity index is 1.58. The van der Waals surface area contributed by atoms with E-state index in [9.17, 15) is 8.42 Å². The molecule has 2 saturated heterocycles. The summed E-state index contributed by atoms with van der Waals surface area (Å²) in [6.45, 7) is 1.65. The van der Waals surface area contributed by atoms with E-state index in [2.05, 4.69) is 5.32 Å². The number of hydrogen-bond donors (Lipinski definition) is 1. The predicted octanol–water partition coefficient (Wildman–Crippen LogP) is 1.54. The topological polar surface area (TPSA) is 71.1 Å². The van der Waals surface area contributed by atoms with Crippen molar-refractivity contribution in [3.63, 3.8) is 0 Å². The van der Waals surface area contributed by atoms with Crippen LogP contribution in [0.5, 0.6) is 5.75 Å². The molecule has 1 atom stereocenters. The zero-order chi connectivity index (χ0) is 18.1. The third-order valence-corrected chi connectivity index (χ3v) is 7.01. The summed E-state index contributed by atoms with van der Waals surface area (Å²) in [4.78, 5) is 0. The maximum Gasteiger partial charge on any atom is 0.281 e. The van der Waals surface area contributed by atoms with Crippen molar-refractivity contribution in [2.24, 2.45) is 0 Å². The zero-order valence-corrected chi connectivity index (χ0v) is 15.9. The van der Waals surface area contributed by atoms with Crippen LogP contribution in [0, 0.1) is 0 Å². The van der Waals surface area contributed by atoms with Crippen molar-refractivity contribution in [1.29, 1.82) is 0 Å². The smallest absolute Gasteiger partial charge is 0.281 e. The van der Waals surface area contributed by atoms with Crippen molar-refractivity contribution in [3.05, 3.63) is 24.3 Å². The predicted molar refractivity (Wildman–Crippen MR) is 97.1 cm³/mol. The van der Waals surface area contributed by atoms with Crippen LogP contribution in [0.1, 0.15) is 19.3 Å². The monoisotopic (exact) mass is 369 g/mol. The number of benzene rings is 1. The van der Waals surface area contributed by atoms with Gasteiger partial charge in [0, 0.05) is 38.9 Å². The van der Waals surface area contributed by atoms with Gasteiger partial charge in [-0.25, -0.2) is 0 Å². The van der Waals surface area contributed by atoms with Crippen LogP contribution in [0.25, 0.3) is 0 Å². The molecule has 0 bridgehead atoms. The van der Waals surface area contributed by atoms with Crippen LogP contribution in [-0.4, -0.2) is 69.6 Å². The molecule has 2 aliphatic rings. The molecule has 1 N–H and O–H groups in total. The molecule has 140 valence electrons. The second-order valence-electron chi connectivity index (χ2n) is 6.96. The van der Waals surface area contributed by atoms with Crippen LogP contribution in [0.4, 0.5) is 5.69 Å². The summed E-state index contributed by atoms with van der Waals surface area (Å²) < 4.78 is 38.7. The summed E-state index contributed by atoms with van der Waals surface area (Å²) in [6.07, 6.45) is 2.35. The van der Waals surface area contributed by atoms with Gasteiger partial charge >= 0.3 is 0 Å². The van der Waals surface area contributed by atoms with Gasteiger partial charge in [-0.3, -0.25) is 0 Å². The molecular weight excluding hydrogens is 342 g/mol. The molecule has 2 heterocycles. The Labute approximate surface area is 150 Å². The Morgan fingerprint density at radius 1 is 1.32 bits per heavy atom. The average molecular weight is 369 g/mol. The third-order valence-electron chi connectivity index (χ3n) is 5.07. The standard InChI is InChI=1S/C17H27N3O4S/c1-19(2)25(21,22)20-9-7-17(8-10-20)12-15(13-24-17)18-14-5-4-6-16(11-14)23-3/h4-6,11,15,18H,7-10,12-13H2,1-3H3/t15-/m1/s1. The summed E-state index contributed by atoms with van der Waals surface area (Å²) in [5, 5.41) is 3.50. The molecule has 0 saturated carbocycles. The average Bonchev–Trinajstić information content (AvgIpc) is 2.97. The quantitative estimate of drug-likeness (QED) is 0.852. The number of hydrogen-bond acceptors (Lipinski definition) is 5. The number of nitrogens with zero attached hydrogens (tertiary/aromatic N) is 2. The van der Waals surface area contributed by atoms with Crippen molar-refractivity contribution in [3.8, 4) is 5.75 Å². The molecule has 25 heavy (non-hydrogen) atoms. The highest BCUT2D eigenvalue weighted by atomic mass is 32.2. The molecule has 2 aliphatic heterocycles. The molecule has 3 rings (SSSR count). The lowest BCUT2D eigenvalue weighted by Crippen LogP contribution is -2.49. The van der Waals surface area contributed by atoms with Gasteiger partial charge in [-0.1, -0.05) is 6.07 Å². The Morgan fingerprint density at radius 3 is 2.68 bits per heavy atom. The Morgan fingerprint density at radius 2 is 2.04 bits per heavy atom. The number of methoxy groups -OCH3 is 1. The van der Waals surface area contributed by atoms with Gasteiger partial charge in [-0.05, 0) is 31.4 Å². The molecule has 2 fully saturated rings. The van der Waals surface area contributed by atoms with Crippen molar-refractivity contribution in [1.82, 2.24) is 8.61 Å². The summed E-state index contributed by atoms with van der Waals surface area (Å²) in [5.74, 6) is 0.820. The second kappa shape index (κ2) is 7.11. The molecule has 1 aromatic rings. The third kappa shape index (κ3) is 3.92. The van der Waals surface area contributed by atoms with E-state index in [1.807, 2.05) is 24.3 Å². The van der Waals surface area contributed by atoms with Gasteiger partial charge < -0.3 is 14.8 Å². The van der Waals surface area contributed by atoms with E-state index in [1.54, 1.807) is 25.5 Å². The van der Waals surface area contributed by atoms with Crippen LogP contribution in [-0.2, 0) is 14.9 Å². The van der Waals surface area contributed by atoms with E-state index in [1.165, 1.54) is 4.31 Å². The van der Waals surface area contributed by atoms with E-state index < -0.39 is 10.2 Å². The molecule has 8 heteroatoms. The minimum absolute atomic E-state index is 0.213. The van der Waals surface area contributed by atoms with E-state index in [0.717, 1.165) is 30.7 Å². The van der Waals surface area contributed by atoms with Crippen molar-refractivity contribution < 1.29 is 17.9 Å². The van der Waals surface area contributed by atoms with Gasteiger partial charge in [0.2, 0.25) is 0 Å². The minimum Gasteiger partial charge on any atom is -0.497 e. The number of rotatable bonds is 5. The van der Waals surface area contributed by atoms with E-state index in [-0.39, 0.29) is 11.6 Å². The van der Waals surface area contributed by atoms with Crippen molar-refractivity contribution >= 4 is 15.9 Å². The fraction of sp³-hybridized carbons (Fsp3) is 0.647. The first kappa shape index (κ1) is 18.4. The Bertz CT molecular complexity index is 700. The second-order valence-corrected chi connectivity index (χ2v) is 9.10. The molecule has 0 aliphatic carbocycles. The Kier molecular flexibility index (Phi) is 5.24. The number of ether oxygens (including phenoxy) is 2. The van der Waals surface area contributed by atoms with Gasteiger partial charge in [0.1, 0.15) is 5.75 Å². The van der Waals surface area contributed by atoms with Gasteiger partial charge in [-0.2, -0.15) is 17.0 Å². The highest BCUT2D eigenvalue weighted by molar-refractivity contribution is 7.86. The first-order valence-electron chi connectivity index (χ1n) is 8.57. The largest absolute Gasteiger partial charge is 0.497 e. The maximum atomic E-state index is 12.2. The lowest BCUT2D eigenvalue weighted by Gasteiger charge is -2.38. The highest BCUT2D eigenvalue weighted by Crippen LogP contribution is 2.37. The first-order chi connectivity index (χ1) is 11.8. The fourth-order valence-corrected chi connectivity index (χ4v) is 4.70. The molecule has 0 radical (unpaired) electrons. The van der Waals surface area contributed by atoms with E-state index in [4.69, 9.17) is 9.47 Å². The fourth-order valence-electron chi connectivity index (χ4n) is 3.59. The van der Waals surface area contributed by atoms with Crippen LogP contribution < -0.4 is 10.1 Å². The lowest BCUT2D eigenvalue weighted by molar-refractivity contribution is -0.0315. The molecule has 0 amide bonds. The molecule has 1 aromatic carbocycles. The number of nitrogens with one attached hydrogen (secondary N) is 1. The zero-order valence-electron chi connectivity index (χ0n) is 15.1. The van der Waals surface area contributed by atoms with E-state index >= 15 is 0 Å². The van der Waals surface area contributed by atoms with Crippen molar-refractivity contribution in [2.45, 2.75) is 30.9 Å². The normalized spacial score (nSPS) is 23.9. The van der Waals surface area contributed by atoms with Crippen LogP contribution >= 0.6 is 0 Å². The summed E-state index contributed by atoms with van der Waals surface area (Å²) in [6, 6.07) is 8.08. The van der Waals surface area contributed by atoms with Crippen molar-refractivity contribution in [2.75, 3.05) is 46.2 Å². The molecular formula is C17H27N3O4S. The first-order valence-corrected chi connectivity index (χ1v) is 9.96. The van der Waals surface area contributed by atoms with Gasteiger partial charge in [0.25, 0.3) is 10.2 Å². The SMILES string of the molecule is COc1cccc(N[C@H]2COC3(CCN(S(=O)(=O)N(C)C)CC3)C2)c1. The van der Waals surface area contributed by atoms with Crippen LogP contribution in [0.3, 0.4) is 0 Å². The summed E-state index contributed by atoms with van der Waals surface area (Å²) in [7, 11) is 1.46. The number of piperidine rings is 1. The molecule has 7 nitrogen and oxygen atoms in total. The Hall–Kier alpha value is -1.35. The molecule has 0 unspecified atom stereocenters. The minimum atomic E-state index is -3.33. The van der Waals surface area contributed by atoms with Crippen LogP contribution in [0.2, 0.25) is 0 Å². The van der Waals surface area contributed by atoms with Gasteiger partial charge in [0.05, 0.1) is 25.4 Å². The molecule has 0 aromatic heterocycles. The summed E-state index contributed by atoms with van der Waals surface area (Å²) in [5.41, 5.74) is 0.798. The summed E-state index contributed by atoms with van der Waals surface area (Å²) >= 11 is 0. The highest BCUT2D eigenvalue weighted by Gasteiger charge is 2.44. The number of anilines is 1. The van der Waals surface area contributed by atoms with Gasteiger partial charge in [-0.15, -0.1) is 0 Å². The van der Waals surface area contributed by atoms with Crippen LogP contribution in [0.15, 0.2) is 24.3 Å². The van der Waals surface area contributed by atoms with Gasteiger partial charge in [0.15, 0.2) is 0 Å². The van der Waals surface area contributed by atoms with E-state index in [0.29, 0.717) is 19.7 Å². The maximum absolute atomic E-state index is 12.2. The lowest BCUT2D eigenvalue weighted by atomic mass is 9.88. The molecule has 1 spiro atoms.